The van der Waals surface area contributed by atoms with Gasteiger partial charge in [-0.2, -0.15) is 0 Å². The lowest BCUT2D eigenvalue weighted by molar-refractivity contribution is -0.141. The molecule has 28 heavy (non-hydrogen) atoms. The number of hydrogen-bond acceptors (Lipinski definition) is 3. The smallest absolute Gasteiger partial charge is 0.305 e. The highest BCUT2D eigenvalue weighted by Crippen LogP contribution is 2.65. The summed E-state index contributed by atoms with van der Waals surface area (Å²) in [5.74, 6) is 4.43. The summed E-state index contributed by atoms with van der Waals surface area (Å²) < 4.78 is 4.86. The van der Waals surface area contributed by atoms with Gasteiger partial charge in [0.1, 0.15) is 5.78 Å². The van der Waals surface area contributed by atoms with E-state index >= 15 is 0 Å². The summed E-state index contributed by atoms with van der Waals surface area (Å²) >= 11 is 0. The monoisotopic (exact) mass is 386 g/mol. The highest BCUT2D eigenvalue weighted by molar-refractivity contribution is 5.79. The van der Waals surface area contributed by atoms with Gasteiger partial charge in [-0.25, -0.2) is 0 Å². The molecule has 156 valence electrons. The Kier molecular flexibility index (Phi) is 5.25. The van der Waals surface area contributed by atoms with Gasteiger partial charge in [0.05, 0.1) is 7.11 Å². The van der Waals surface area contributed by atoms with Crippen molar-refractivity contribution < 1.29 is 14.3 Å². The minimum Gasteiger partial charge on any atom is -0.469 e. The average molecular weight is 387 g/mol. The molecule has 0 N–H and O–H groups in total. The molecule has 0 unspecified atom stereocenters. The van der Waals surface area contributed by atoms with Crippen molar-refractivity contribution in [1.82, 2.24) is 0 Å². The number of methoxy groups -OCH3 is 1. The van der Waals surface area contributed by atoms with E-state index in [1.807, 2.05) is 0 Å². The molecule has 3 heteroatoms. The van der Waals surface area contributed by atoms with Crippen molar-refractivity contribution >= 4 is 11.8 Å². The standard InChI is InChI=1S/C25H38O3/c1-16(5-10-23(27)28-4)20-8-9-21-19-7-6-17-15-18(26)11-13-24(17,2)22(19)12-14-25(20,21)3/h12,14,16-17,19-22H,5-11,13,15H2,1-4H3/t16-,17+,19-,20+,21-,22-,24+,25+/m1/s1. The van der Waals surface area contributed by atoms with Gasteiger partial charge in [0, 0.05) is 19.3 Å². The Balaban J connectivity index is 1.54. The van der Waals surface area contributed by atoms with Gasteiger partial charge in [-0.05, 0) is 84.9 Å². The molecule has 0 heterocycles. The maximum atomic E-state index is 12.1. The zero-order chi connectivity index (χ0) is 20.1. The Hall–Kier alpha value is -1.12. The van der Waals surface area contributed by atoms with E-state index in [0.717, 1.165) is 37.5 Å². The molecule has 8 atom stereocenters. The molecule has 4 aliphatic rings. The molecular weight excluding hydrogens is 348 g/mol. The van der Waals surface area contributed by atoms with Crippen LogP contribution in [-0.4, -0.2) is 18.9 Å². The SMILES string of the molecule is COC(=O)CC[C@@H](C)[C@@H]1CC[C@@H]2[C@H]3CC[C@H]4CC(=O)CC[C@]4(C)[C@@H]3C=C[C@]21C. The first kappa shape index (κ1) is 20.2. The lowest BCUT2D eigenvalue weighted by Crippen LogP contribution is -2.51. The topological polar surface area (TPSA) is 43.4 Å². The van der Waals surface area contributed by atoms with Crippen LogP contribution in [0.25, 0.3) is 0 Å². The predicted molar refractivity (Wildman–Crippen MR) is 111 cm³/mol. The van der Waals surface area contributed by atoms with Gasteiger partial charge in [0.2, 0.25) is 0 Å². The number of carbonyl (C=O) groups excluding carboxylic acids is 2. The van der Waals surface area contributed by atoms with Crippen LogP contribution in [0.3, 0.4) is 0 Å². The van der Waals surface area contributed by atoms with Crippen molar-refractivity contribution in [2.75, 3.05) is 7.11 Å². The van der Waals surface area contributed by atoms with Crippen molar-refractivity contribution in [2.24, 2.45) is 46.3 Å². The molecule has 0 aromatic heterocycles. The first-order valence-corrected chi connectivity index (χ1v) is 11.6. The fourth-order valence-electron chi connectivity index (χ4n) is 8.01. The summed E-state index contributed by atoms with van der Waals surface area (Å²) in [4.78, 5) is 23.7. The molecule has 3 nitrogen and oxygen atoms in total. The van der Waals surface area contributed by atoms with Crippen molar-refractivity contribution in [3.05, 3.63) is 12.2 Å². The molecule has 3 saturated carbocycles. The first-order valence-electron chi connectivity index (χ1n) is 11.6. The zero-order valence-corrected chi connectivity index (χ0v) is 18.2. The summed E-state index contributed by atoms with van der Waals surface area (Å²) in [6, 6.07) is 0. The van der Waals surface area contributed by atoms with E-state index in [1.54, 1.807) is 0 Å². The highest BCUT2D eigenvalue weighted by Gasteiger charge is 2.58. The normalized spacial score (nSPS) is 45.7. The molecule has 0 aromatic carbocycles. The second-order valence-corrected chi connectivity index (χ2v) is 10.8. The maximum absolute atomic E-state index is 12.1. The summed E-state index contributed by atoms with van der Waals surface area (Å²) in [5, 5.41) is 0. The van der Waals surface area contributed by atoms with Crippen LogP contribution in [0.2, 0.25) is 0 Å². The number of carbonyl (C=O) groups is 2. The molecule has 3 fully saturated rings. The largest absolute Gasteiger partial charge is 0.469 e. The van der Waals surface area contributed by atoms with Crippen LogP contribution in [0.5, 0.6) is 0 Å². The third-order valence-electron chi connectivity index (χ3n) is 9.70. The molecule has 0 amide bonds. The van der Waals surface area contributed by atoms with Gasteiger partial charge in [0.25, 0.3) is 0 Å². The number of Topliss-reactive ketones (excluding diaryl/α,β-unsaturated/α-hetero) is 1. The zero-order valence-electron chi connectivity index (χ0n) is 18.2. The number of esters is 1. The number of hydrogen-bond donors (Lipinski definition) is 0. The lowest BCUT2D eigenvalue weighted by atomic mass is 9.46. The summed E-state index contributed by atoms with van der Waals surface area (Å²) in [7, 11) is 1.49. The molecule has 0 aliphatic heterocycles. The van der Waals surface area contributed by atoms with E-state index in [4.69, 9.17) is 4.74 Å². The quantitative estimate of drug-likeness (QED) is 0.468. The highest BCUT2D eigenvalue weighted by atomic mass is 16.5. The molecule has 0 aromatic rings. The van der Waals surface area contributed by atoms with E-state index in [1.165, 1.54) is 32.8 Å². The van der Waals surface area contributed by atoms with E-state index in [2.05, 4.69) is 32.9 Å². The van der Waals surface area contributed by atoms with Gasteiger partial charge in [-0.15, -0.1) is 0 Å². The average Bonchev–Trinajstić information content (AvgIpc) is 3.03. The second-order valence-electron chi connectivity index (χ2n) is 10.8. The number of fused-ring (bicyclic) bond motifs is 5. The third kappa shape index (κ3) is 3.08. The number of ketones is 1. The van der Waals surface area contributed by atoms with E-state index < -0.39 is 0 Å². The van der Waals surface area contributed by atoms with E-state index in [9.17, 15) is 9.59 Å². The molecular formula is C25H38O3. The van der Waals surface area contributed by atoms with Crippen LogP contribution < -0.4 is 0 Å². The van der Waals surface area contributed by atoms with Crippen LogP contribution in [0.1, 0.15) is 78.6 Å². The Bertz CT molecular complexity index is 667. The van der Waals surface area contributed by atoms with Crippen LogP contribution in [0.4, 0.5) is 0 Å². The molecule has 0 bridgehead atoms. The molecule has 0 spiro atoms. The first-order chi connectivity index (χ1) is 13.3. The second kappa shape index (κ2) is 7.29. The van der Waals surface area contributed by atoms with Gasteiger partial charge in [-0.1, -0.05) is 32.9 Å². The van der Waals surface area contributed by atoms with Gasteiger partial charge < -0.3 is 4.74 Å². The Morgan fingerprint density at radius 2 is 2.04 bits per heavy atom. The van der Waals surface area contributed by atoms with Crippen molar-refractivity contribution in [3.63, 3.8) is 0 Å². The summed E-state index contributed by atoms with van der Waals surface area (Å²) in [5.41, 5.74) is 0.591. The van der Waals surface area contributed by atoms with Crippen LogP contribution in [0, 0.1) is 46.3 Å². The number of rotatable bonds is 4. The van der Waals surface area contributed by atoms with Crippen LogP contribution >= 0.6 is 0 Å². The molecule has 4 rings (SSSR count). The lowest BCUT2D eigenvalue weighted by Gasteiger charge is -2.58. The minimum absolute atomic E-state index is 0.0797. The van der Waals surface area contributed by atoms with Crippen molar-refractivity contribution in [3.8, 4) is 0 Å². The van der Waals surface area contributed by atoms with Crippen molar-refractivity contribution in [1.29, 1.82) is 0 Å². The molecule has 0 radical (unpaired) electrons. The number of allylic oxidation sites excluding steroid dienone is 2. The molecule has 0 saturated heterocycles. The van der Waals surface area contributed by atoms with Gasteiger partial charge in [-0.3, -0.25) is 9.59 Å². The summed E-state index contributed by atoms with van der Waals surface area (Å²) in [6.07, 6.45) is 14.5. The number of ether oxygens (including phenoxy) is 1. The van der Waals surface area contributed by atoms with Crippen LogP contribution in [0.15, 0.2) is 12.2 Å². The van der Waals surface area contributed by atoms with Crippen LogP contribution in [-0.2, 0) is 14.3 Å². The fourth-order valence-corrected chi connectivity index (χ4v) is 8.01. The van der Waals surface area contributed by atoms with Gasteiger partial charge >= 0.3 is 5.97 Å². The fraction of sp³-hybridized carbons (Fsp3) is 0.840. The van der Waals surface area contributed by atoms with E-state index in [-0.39, 0.29) is 11.4 Å². The molecule has 4 aliphatic carbocycles. The van der Waals surface area contributed by atoms with Gasteiger partial charge in [0.15, 0.2) is 0 Å². The Labute approximate surface area is 170 Å². The van der Waals surface area contributed by atoms with E-state index in [0.29, 0.717) is 41.3 Å². The summed E-state index contributed by atoms with van der Waals surface area (Å²) in [6.45, 7) is 7.32. The Morgan fingerprint density at radius 3 is 2.79 bits per heavy atom. The minimum atomic E-state index is -0.0797. The van der Waals surface area contributed by atoms with Crippen molar-refractivity contribution in [2.45, 2.75) is 78.6 Å². The predicted octanol–water partition coefficient (Wildman–Crippen LogP) is 5.58. The Morgan fingerprint density at radius 1 is 1.25 bits per heavy atom. The third-order valence-corrected chi connectivity index (χ3v) is 9.70. The maximum Gasteiger partial charge on any atom is 0.305 e.